The third kappa shape index (κ3) is 4.94. The van der Waals surface area contributed by atoms with Crippen molar-refractivity contribution in [2.75, 3.05) is 20.3 Å². The van der Waals surface area contributed by atoms with E-state index in [0.717, 1.165) is 5.56 Å². The van der Waals surface area contributed by atoms with Crippen LogP contribution in [0, 0.1) is 0 Å². The highest BCUT2D eigenvalue weighted by Crippen LogP contribution is 2.31. The number of carboxylic acids is 1. The van der Waals surface area contributed by atoms with Crippen molar-refractivity contribution in [2.45, 2.75) is 19.9 Å². The average molecular weight is 509 g/mol. The molecule has 1 N–H and O–H groups in total. The topological polar surface area (TPSA) is 116 Å². The van der Waals surface area contributed by atoms with Gasteiger partial charge in [-0.25, -0.2) is 14.6 Å². The first-order chi connectivity index (χ1) is 17.3. The summed E-state index contributed by atoms with van der Waals surface area (Å²) in [6, 6.07) is 13.5. The van der Waals surface area contributed by atoms with Crippen LogP contribution in [0.5, 0.6) is 11.5 Å². The lowest BCUT2D eigenvalue weighted by Crippen LogP contribution is -2.39. The molecule has 0 radical (unpaired) electrons. The van der Waals surface area contributed by atoms with E-state index in [0.29, 0.717) is 31.9 Å². The molecular weight excluding hydrogens is 484 g/mol. The van der Waals surface area contributed by atoms with Gasteiger partial charge in [0.25, 0.3) is 5.56 Å². The lowest BCUT2D eigenvalue weighted by molar-refractivity contribution is -0.140. The van der Waals surface area contributed by atoms with Crippen LogP contribution in [0.15, 0.2) is 69.6 Å². The van der Waals surface area contributed by atoms with E-state index in [4.69, 9.17) is 19.3 Å². The zero-order valence-electron chi connectivity index (χ0n) is 19.9. The molecule has 0 saturated heterocycles. The summed E-state index contributed by atoms with van der Waals surface area (Å²) in [4.78, 5) is 42.4. The first kappa shape index (κ1) is 24.9. The first-order valence-corrected chi connectivity index (χ1v) is 11.9. The molecule has 0 fully saturated rings. The molecule has 1 aliphatic rings. The predicted octanol–water partition coefficient (Wildman–Crippen LogP) is 2.27. The number of ether oxygens (including phenoxy) is 3. The van der Waals surface area contributed by atoms with Crippen molar-refractivity contribution in [3.8, 4) is 11.5 Å². The normalized spacial score (nSPS) is 15.2. The molecule has 1 aliphatic heterocycles. The third-order valence-electron chi connectivity index (χ3n) is 5.47. The molecule has 0 aliphatic carbocycles. The number of methoxy groups -OCH3 is 1. The molecule has 0 spiro atoms. The van der Waals surface area contributed by atoms with Crippen LogP contribution in [0.25, 0.3) is 6.08 Å². The van der Waals surface area contributed by atoms with Gasteiger partial charge in [-0.05, 0) is 43.2 Å². The van der Waals surface area contributed by atoms with Crippen molar-refractivity contribution in [3.63, 3.8) is 0 Å². The highest BCUT2D eigenvalue weighted by atomic mass is 32.1. The van der Waals surface area contributed by atoms with Gasteiger partial charge in [0.15, 0.2) is 22.9 Å². The Morgan fingerprint density at radius 1 is 1.17 bits per heavy atom. The highest BCUT2D eigenvalue weighted by molar-refractivity contribution is 7.07. The molecule has 2 heterocycles. The summed E-state index contributed by atoms with van der Waals surface area (Å²) >= 11 is 1.21. The lowest BCUT2D eigenvalue weighted by Gasteiger charge is -2.24. The van der Waals surface area contributed by atoms with Gasteiger partial charge in [-0.3, -0.25) is 9.36 Å². The van der Waals surface area contributed by atoms with E-state index in [9.17, 15) is 14.4 Å². The molecule has 3 aromatic rings. The van der Waals surface area contributed by atoms with E-state index in [1.165, 1.54) is 23.0 Å². The Kier molecular flexibility index (Phi) is 7.35. The number of allylic oxidation sites excluding steroid dienone is 1. The predicted molar refractivity (Wildman–Crippen MR) is 133 cm³/mol. The quantitative estimate of drug-likeness (QED) is 0.464. The maximum absolute atomic E-state index is 13.6. The molecule has 4 rings (SSSR count). The molecule has 9 nitrogen and oxygen atoms in total. The number of nitrogens with zero attached hydrogens (tertiary/aromatic N) is 2. The Bertz CT molecular complexity index is 1520. The van der Waals surface area contributed by atoms with E-state index in [1.807, 2.05) is 30.3 Å². The van der Waals surface area contributed by atoms with Gasteiger partial charge >= 0.3 is 11.9 Å². The van der Waals surface area contributed by atoms with Gasteiger partial charge < -0.3 is 19.3 Å². The summed E-state index contributed by atoms with van der Waals surface area (Å²) in [5, 5.41) is 8.85. The highest BCUT2D eigenvalue weighted by Gasteiger charge is 2.33. The fourth-order valence-electron chi connectivity index (χ4n) is 3.93. The Morgan fingerprint density at radius 2 is 1.92 bits per heavy atom. The molecule has 36 heavy (non-hydrogen) atoms. The van der Waals surface area contributed by atoms with E-state index in [2.05, 4.69) is 4.99 Å². The Labute approximate surface area is 210 Å². The molecular formula is C26H24N2O7S. The van der Waals surface area contributed by atoms with Gasteiger partial charge in [-0.2, -0.15) is 0 Å². The molecule has 186 valence electrons. The maximum Gasteiger partial charge on any atom is 0.341 e. The zero-order valence-corrected chi connectivity index (χ0v) is 20.7. The minimum absolute atomic E-state index is 0.204. The largest absolute Gasteiger partial charge is 0.493 e. The van der Waals surface area contributed by atoms with Crippen molar-refractivity contribution in [2.24, 2.45) is 4.99 Å². The smallest absolute Gasteiger partial charge is 0.341 e. The fraction of sp³-hybridized carbons (Fsp3) is 0.231. The minimum Gasteiger partial charge on any atom is -0.493 e. The number of aliphatic carboxylic acids is 1. The summed E-state index contributed by atoms with van der Waals surface area (Å²) in [7, 11) is 1.44. The van der Waals surface area contributed by atoms with Gasteiger partial charge in [-0.15, -0.1) is 0 Å². The average Bonchev–Trinajstić information content (AvgIpc) is 3.16. The number of thiazole rings is 1. The fourth-order valence-corrected chi connectivity index (χ4v) is 4.97. The number of hydrogen-bond donors (Lipinski definition) is 1. The maximum atomic E-state index is 13.6. The standard InChI is InChI=1S/C26H24N2O7S/c1-4-34-25(32)22-15(2)27-26-28(23(22)17-8-6-5-7-9-17)24(31)20(36-26)13-16-10-11-18(19(12-16)33-3)35-14-21(29)30/h5-13,23H,4,14H2,1-3H3,(H,29,30)/b20-13-/t23-/m1/s1. The van der Waals surface area contributed by atoms with Crippen LogP contribution in [0.1, 0.15) is 31.0 Å². The Hall–Kier alpha value is -4.18. The van der Waals surface area contributed by atoms with Crippen LogP contribution < -0.4 is 24.4 Å². The number of fused-ring (bicyclic) bond motifs is 1. The summed E-state index contributed by atoms with van der Waals surface area (Å²) in [5.74, 6) is -1.01. The summed E-state index contributed by atoms with van der Waals surface area (Å²) in [5.41, 5.74) is 1.94. The molecule has 0 bridgehead atoms. The zero-order chi connectivity index (χ0) is 25.8. The van der Waals surface area contributed by atoms with Crippen molar-refractivity contribution in [1.29, 1.82) is 0 Å². The van der Waals surface area contributed by atoms with Crippen LogP contribution in [-0.4, -0.2) is 41.9 Å². The van der Waals surface area contributed by atoms with Crippen LogP contribution in [0.2, 0.25) is 0 Å². The second-order valence-electron chi connectivity index (χ2n) is 7.81. The van der Waals surface area contributed by atoms with Gasteiger partial charge in [0.2, 0.25) is 0 Å². The van der Waals surface area contributed by atoms with Crippen molar-refractivity contribution < 1.29 is 28.9 Å². The van der Waals surface area contributed by atoms with Gasteiger partial charge in [0.05, 0.1) is 35.6 Å². The molecule has 10 heteroatoms. The molecule has 0 saturated carbocycles. The first-order valence-electron chi connectivity index (χ1n) is 11.1. The molecule has 1 atom stereocenters. The summed E-state index contributed by atoms with van der Waals surface area (Å²) in [6.45, 7) is 3.16. The Balaban J connectivity index is 1.84. The lowest BCUT2D eigenvalue weighted by atomic mass is 9.96. The second-order valence-corrected chi connectivity index (χ2v) is 8.81. The molecule has 0 amide bonds. The number of carbonyl (C=O) groups is 2. The van der Waals surface area contributed by atoms with Crippen molar-refractivity contribution in [3.05, 3.63) is 90.6 Å². The number of hydrogen-bond acceptors (Lipinski definition) is 8. The number of esters is 1. The van der Waals surface area contributed by atoms with Crippen LogP contribution in [0.3, 0.4) is 0 Å². The monoisotopic (exact) mass is 508 g/mol. The van der Waals surface area contributed by atoms with E-state index in [1.54, 1.807) is 38.1 Å². The summed E-state index contributed by atoms with van der Waals surface area (Å²) < 4.78 is 17.8. The van der Waals surface area contributed by atoms with Gasteiger partial charge in [0, 0.05) is 0 Å². The second kappa shape index (κ2) is 10.6. The van der Waals surface area contributed by atoms with Gasteiger partial charge in [0.1, 0.15) is 0 Å². The number of benzene rings is 2. The Morgan fingerprint density at radius 3 is 2.58 bits per heavy atom. The van der Waals surface area contributed by atoms with E-state index >= 15 is 0 Å². The van der Waals surface area contributed by atoms with Crippen molar-refractivity contribution in [1.82, 2.24) is 4.57 Å². The van der Waals surface area contributed by atoms with Crippen molar-refractivity contribution >= 4 is 29.4 Å². The molecule has 1 aromatic heterocycles. The summed E-state index contributed by atoms with van der Waals surface area (Å²) in [6.07, 6.45) is 1.69. The van der Waals surface area contributed by atoms with E-state index in [-0.39, 0.29) is 17.9 Å². The molecule has 2 aromatic carbocycles. The molecule has 0 unspecified atom stereocenters. The number of carboxylic acid groups (broad SMARTS) is 1. The minimum atomic E-state index is -1.10. The SMILES string of the molecule is CCOC(=O)C1=C(C)N=c2s/c(=C\c3ccc(OCC(=O)O)c(OC)c3)c(=O)n2[C@@H]1c1ccccc1. The van der Waals surface area contributed by atoms with Crippen LogP contribution in [0.4, 0.5) is 0 Å². The third-order valence-corrected chi connectivity index (χ3v) is 6.45. The number of carbonyl (C=O) groups excluding carboxylic acids is 1. The van der Waals surface area contributed by atoms with Gasteiger partial charge in [-0.1, -0.05) is 47.7 Å². The number of rotatable bonds is 8. The number of aromatic nitrogens is 1. The van der Waals surface area contributed by atoms with Crippen LogP contribution in [-0.2, 0) is 14.3 Å². The van der Waals surface area contributed by atoms with E-state index < -0.39 is 24.6 Å². The van der Waals surface area contributed by atoms with Crippen LogP contribution >= 0.6 is 11.3 Å².